The number of nitrogens with two attached hydrogens (primary N) is 1. The van der Waals surface area contributed by atoms with Crippen molar-refractivity contribution in [2.24, 2.45) is 5.73 Å². The van der Waals surface area contributed by atoms with E-state index in [4.69, 9.17) is 5.73 Å². The summed E-state index contributed by atoms with van der Waals surface area (Å²) in [4.78, 5) is 16.2. The minimum absolute atomic E-state index is 0.0318. The molecule has 0 unspecified atom stereocenters. The Morgan fingerprint density at radius 3 is 2.88 bits per heavy atom. The predicted octanol–water partition coefficient (Wildman–Crippen LogP) is 1.34. The third kappa shape index (κ3) is 2.41. The van der Waals surface area contributed by atoms with Crippen molar-refractivity contribution < 1.29 is 4.79 Å². The van der Waals surface area contributed by atoms with Crippen LogP contribution in [-0.2, 0) is 11.3 Å². The van der Waals surface area contributed by atoms with Gasteiger partial charge in [0.15, 0.2) is 0 Å². The van der Waals surface area contributed by atoms with E-state index in [9.17, 15) is 4.79 Å². The molecule has 0 spiro atoms. The summed E-state index contributed by atoms with van der Waals surface area (Å²) < 4.78 is 0. The quantitative estimate of drug-likeness (QED) is 0.836. The van der Waals surface area contributed by atoms with E-state index in [0.29, 0.717) is 6.54 Å². The molecule has 1 amide bonds. The van der Waals surface area contributed by atoms with E-state index in [1.165, 1.54) is 0 Å². The lowest BCUT2D eigenvalue weighted by atomic mass is 9.98. The Kier molecular flexibility index (Phi) is 3.25. The smallest absolute Gasteiger partial charge is 0.240 e. The summed E-state index contributed by atoms with van der Waals surface area (Å²) in [7, 11) is 0. The molecule has 0 bridgehead atoms. The number of aromatic nitrogens is 1. The molecule has 5 heteroatoms. The van der Waals surface area contributed by atoms with Crippen molar-refractivity contribution in [3.05, 3.63) is 16.1 Å². The van der Waals surface area contributed by atoms with Crippen LogP contribution < -0.4 is 11.1 Å². The average molecular weight is 239 g/mol. The van der Waals surface area contributed by atoms with Gasteiger partial charge in [-0.25, -0.2) is 4.98 Å². The Morgan fingerprint density at radius 1 is 1.62 bits per heavy atom. The first kappa shape index (κ1) is 11.5. The Labute approximate surface area is 99.3 Å². The summed E-state index contributed by atoms with van der Waals surface area (Å²) in [5, 5.41) is 5.86. The molecule has 1 aromatic heterocycles. The summed E-state index contributed by atoms with van der Waals surface area (Å²) in [6.07, 6.45) is 3.71. The standard InChI is InChI=1S/C11H17N3OS/c1-8-14-9(7-16-8)6-13-10(15)11(12)4-2-3-5-11/h7H,2-6,12H2,1H3,(H,13,15). The van der Waals surface area contributed by atoms with Gasteiger partial charge in [0.25, 0.3) is 0 Å². The molecule has 0 aliphatic heterocycles. The zero-order valence-corrected chi connectivity index (χ0v) is 10.3. The highest BCUT2D eigenvalue weighted by molar-refractivity contribution is 7.09. The molecule has 3 N–H and O–H groups in total. The Bertz CT molecular complexity index is 382. The molecule has 0 saturated heterocycles. The van der Waals surface area contributed by atoms with Crippen molar-refractivity contribution in [2.75, 3.05) is 0 Å². The lowest BCUT2D eigenvalue weighted by Gasteiger charge is -2.21. The van der Waals surface area contributed by atoms with Gasteiger partial charge in [0.2, 0.25) is 5.91 Å². The van der Waals surface area contributed by atoms with Gasteiger partial charge in [-0.15, -0.1) is 11.3 Å². The van der Waals surface area contributed by atoms with Crippen LogP contribution in [0.5, 0.6) is 0 Å². The molecule has 2 rings (SSSR count). The van der Waals surface area contributed by atoms with Crippen LogP contribution in [0.2, 0.25) is 0 Å². The maximum atomic E-state index is 11.9. The van der Waals surface area contributed by atoms with Crippen molar-refractivity contribution in [1.29, 1.82) is 0 Å². The first-order chi connectivity index (χ1) is 7.60. The number of thiazole rings is 1. The number of carbonyl (C=O) groups excluding carboxylic acids is 1. The van der Waals surface area contributed by atoms with Crippen molar-refractivity contribution in [3.8, 4) is 0 Å². The molecule has 1 aliphatic carbocycles. The highest BCUT2D eigenvalue weighted by Crippen LogP contribution is 2.27. The minimum atomic E-state index is -0.634. The molecule has 0 radical (unpaired) electrons. The van der Waals surface area contributed by atoms with E-state index in [2.05, 4.69) is 10.3 Å². The van der Waals surface area contributed by atoms with Gasteiger partial charge in [-0.05, 0) is 19.8 Å². The van der Waals surface area contributed by atoms with Gasteiger partial charge < -0.3 is 11.1 Å². The summed E-state index contributed by atoms with van der Waals surface area (Å²) in [6, 6.07) is 0. The highest BCUT2D eigenvalue weighted by atomic mass is 32.1. The minimum Gasteiger partial charge on any atom is -0.349 e. The maximum Gasteiger partial charge on any atom is 0.240 e. The van der Waals surface area contributed by atoms with Gasteiger partial charge in [-0.2, -0.15) is 0 Å². The summed E-state index contributed by atoms with van der Waals surface area (Å²) in [5.74, 6) is -0.0318. The van der Waals surface area contributed by atoms with Crippen molar-refractivity contribution >= 4 is 17.2 Å². The number of nitrogens with one attached hydrogen (secondary N) is 1. The second-order valence-electron chi connectivity index (χ2n) is 4.40. The third-order valence-corrected chi connectivity index (χ3v) is 3.87. The van der Waals surface area contributed by atoms with Gasteiger partial charge in [-0.1, -0.05) is 12.8 Å². The van der Waals surface area contributed by atoms with E-state index < -0.39 is 5.54 Å². The fourth-order valence-corrected chi connectivity index (χ4v) is 2.68. The molecule has 4 nitrogen and oxygen atoms in total. The molecule has 1 fully saturated rings. The van der Waals surface area contributed by atoms with Crippen LogP contribution in [0.15, 0.2) is 5.38 Å². The molecule has 16 heavy (non-hydrogen) atoms. The Balaban J connectivity index is 1.88. The molecule has 1 saturated carbocycles. The SMILES string of the molecule is Cc1nc(CNC(=O)C2(N)CCCC2)cs1. The Morgan fingerprint density at radius 2 is 2.31 bits per heavy atom. The highest BCUT2D eigenvalue weighted by Gasteiger charge is 2.36. The second kappa shape index (κ2) is 4.51. The number of hydrogen-bond acceptors (Lipinski definition) is 4. The van der Waals surface area contributed by atoms with Gasteiger partial charge in [-0.3, -0.25) is 4.79 Å². The lowest BCUT2D eigenvalue weighted by molar-refractivity contribution is -0.126. The van der Waals surface area contributed by atoms with E-state index in [-0.39, 0.29) is 5.91 Å². The van der Waals surface area contributed by atoms with Crippen LogP contribution in [-0.4, -0.2) is 16.4 Å². The molecule has 1 aliphatic rings. The Hall–Kier alpha value is -0.940. The maximum absolute atomic E-state index is 11.9. The van der Waals surface area contributed by atoms with E-state index >= 15 is 0 Å². The first-order valence-corrected chi connectivity index (χ1v) is 6.46. The van der Waals surface area contributed by atoms with Gasteiger partial charge >= 0.3 is 0 Å². The average Bonchev–Trinajstić information content (AvgIpc) is 2.85. The number of aryl methyl sites for hydroxylation is 1. The number of carbonyl (C=O) groups is 1. The van der Waals surface area contributed by atoms with Crippen molar-refractivity contribution in [1.82, 2.24) is 10.3 Å². The number of nitrogens with zero attached hydrogens (tertiary/aromatic N) is 1. The van der Waals surface area contributed by atoms with E-state index in [0.717, 1.165) is 36.4 Å². The second-order valence-corrected chi connectivity index (χ2v) is 5.47. The van der Waals surface area contributed by atoms with E-state index in [1.54, 1.807) is 11.3 Å². The van der Waals surface area contributed by atoms with Gasteiger partial charge in [0.05, 0.1) is 22.8 Å². The van der Waals surface area contributed by atoms with Crippen LogP contribution in [0.1, 0.15) is 36.4 Å². The fourth-order valence-electron chi connectivity index (χ4n) is 2.07. The first-order valence-electron chi connectivity index (χ1n) is 5.58. The molecule has 1 heterocycles. The molecular weight excluding hydrogens is 222 g/mol. The van der Waals surface area contributed by atoms with Crippen LogP contribution in [0, 0.1) is 6.92 Å². The van der Waals surface area contributed by atoms with Crippen molar-refractivity contribution in [3.63, 3.8) is 0 Å². The topological polar surface area (TPSA) is 68.0 Å². The molecule has 0 atom stereocenters. The molecular formula is C11H17N3OS. The summed E-state index contributed by atoms with van der Waals surface area (Å²) in [5.41, 5.74) is 6.32. The molecule has 1 aromatic rings. The third-order valence-electron chi connectivity index (χ3n) is 3.04. The van der Waals surface area contributed by atoms with Crippen LogP contribution in [0.4, 0.5) is 0 Å². The fraction of sp³-hybridized carbons (Fsp3) is 0.636. The van der Waals surface area contributed by atoms with Crippen molar-refractivity contribution in [2.45, 2.75) is 44.7 Å². The largest absolute Gasteiger partial charge is 0.349 e. The van der Waals surface area contributed by atoms with Gasteiger partial charge in [0, 0.05) is 5.38 Å². The number of rotatable bonds is 3. The molecule has 88 valence electrons. The zero-order chi connectivity index (χ0) is 11.6. The normalized spacial score (nSPS) is 18.6. The lowest BCUT2D eigenvalue weighted by Crippen LogP contribution is -2.51. The summed E-state index contributed by atoms with van der Waals surface area (Å²) in [6.45, 7) is 2.44. The van der Waals surface area contributed by atoms with Gasteiger partial charge in [0.1, 0.15) is 0 Å². The molecule has 0 aromatic carbocycles. The number of amides is 1. The number of hydrogen-bond donors (Lipinski definition) is 2. The van der Waals surface area contributed by atoms with E-state index in [1.807, 2.05) is 12.3 Å². The van der Waals surface area contributed by atoms with Crippen LogP contribution in [0.3, 0.4) is 0 Å². The monoisotopic (exact) mass is 239 g/mol. The van der Waals surface area contributed by atoms with Crippen LogP contribution >= 0.6 is 11.3 Å². The predicted molar refractivity (Wildman–Crippen MR) is 64.1 cm³/mol. The van der Waals surface area contributed by atoms with Crippen LogP contribution in [0.25, 0.3) is 0 Å². The zero-order valence-electron chi connectivity index (χ0n) is 9.45. The summed E-state index contributed by atoms with van der Waals surface area (Å²) >= 11 is 1.59.